The number of hydrogen-bond donors (Lipinski definition) is 1. The minimum absolute atomic E-state index is 0. The number of rotatable bonds is 10. The molecular formula is C43H49IrN2O2S-. The van der Waals surface area contributed by atoms with Gasteiger partial charge in [0.1, 0.15) is 16.9 Å². The number of carbonyl (C=O) groups is 1. The third-order valence-electron chi connectivity index (χ3n) is 10.5. The molecule has 49 heavy (non-hydrogen) atoms. The van der Waals surface area contributed by atoms with Gasteiger partial charge in [-0.3, -0.25) is 9.78 Å². The van der Waals surface area contributed by atoms with Gasteiger partial charge in [0.25, 0.3) is 0 Å². The van der Waals surface area contributed by atoms with Gasteiger partial charge in [-0.25, -0.2) is 4.98 Å². The molecule has 0 unspecified atom stereocenters. The molecule has 1 radical (unpaired) electrons. The van der Waals surface area contributed by atoms with Crippen LogP contribution in [0.4, 0.5) is 0 Å². The van der Waals surface area contributed by atoms with Crippen LogP contribution in [0, 0.1) is 22.8 Å². The second-order valence-electron chi connectivity index (χ2n) is 13.9. The first-order valence-electron chi connectivity index (χ1n) is 17.4. The van der Waals surface area contributed by atoms with Crippen molar-refractivity contribution < 1.29 is 30.0 Å². The topological polar surface area (TPSA) is 63.1 Å². The van der Waals surface area contributed by atoms with Crippen LogP contribution in [0.3, 0.4) is 0 Å². The Kier molecular flexibility index (Phi) is 12.6. The van der Waals surface area contributed by atoms with Crippen molar-refractivity contribution in [3.63, 3.8) is 0 Å². The van der Waals surface area contributed by atoms with E-state index in [-0.39, 0.29) is 42.5 Å². The summed E-state index contributed by atoms with van der Waals surface area (Å²) in [5, 5.41) is 17.5. The van der Waals surface area contributed by atoms with E-state index >= 15 is 0 Å². The van der Waals surface area contributed by atoms with Crippen LogP contribution in [0.1, 0.15) is 86.6 Å². The van der Waals surface area contributed by atoms with Gasteiger partial charge < -0.3 is 5.11 Å². The average Bonchev–Trinajstić information content (AvgIpc) is 3.50. The van der Waals surface area contributed by atoms with Gasteiger partial charge in [-0.1, -0.05) is 115 Å². The summed E-state index contributed by atoms with van der Waals surface area (Å²) >= 11 is 1.74. The molecule has 6 heteroatoms. The van der Waals surface area contributed by atoms with Gasteiger partial charge in [-0.15, -0.1) is 40.5 Å². The first kappa shape index (κ1) is 38.4. The molecule has 0 aliphatic heterocycles. The zero-order chi connectivity index (χ0) is 34.6. The number of aliphatic hydroxyl groups excluding tert-OH is 1. The average molecular weight is 850 g/mol. The van der Waals surface area contributed by atoms with Gasteiger partial charge in [0.15, 0.2) is 5.78 Å². The molecule has 0 spiro atoms. The molecule has 0 fully saturated rings. The molecule has 0 aliphatic carbocycles. The Balaban J connectivity index is 0.000000260. The van der Waals surface area contributed by atoms with Crippen LogP contribution in [0.5, 0.6) is 0 Å². The zero-order valence-corrected chi connectivity index (χ0v) is 33.3. The molecule has 2 heterocycles. The number of thiophene rings is 1. The molecule has 6 rings (SSSR count). The molecule has 0 atom stereocenters. The van der Waals surface area contributed by atoms with Gasteiger partial charge in [0.05, 0.1) is 0 Å². The van der Waals surface area contributed by atoms with E-state index in [2.05, 4.69) is 91.6 Å². The molecule has 0 saturated heterocycles. The number of aliphatic hydroxyl groups is 1. The van der Waals surface area contributed by atoms with Crippen LogP contribution < -0.4 is 0 Å². The van der Waals surface area contributed by atoms with Crippen molar-refractivity contribution >= 4 is 59.0 Å². The predicted molar refractivity (Wildman–Crippen MR) is 206 cm³/mol. The summed E-state index contributed by atoms with van der Waals surface area (Å²) < 4.78 is 1.25. The second-order valence-corrected chi connectivity index (χ2v) is 15.0. The van der Waals surface area contributed by atoms with Gasteiger partial charge in [0.2, 0.25) is 0 Å². The Bertz CT molecular complexity index is 2100. The third-order valence-corrected chi connectivity index (χ3v) is 11.6. The fourth-order valence-electron chi connectivity index (χ4n) is 6.30. The van der Waals surface area contributed by atoms with Crippen molar-refractivity contribution in [2.75, 3.05) is 0 Å². The summed E-state index contributed by atoms with van der Waals surface area (Å²) in [5.41, 5.74) is 2.78. The molecule has 0 saturated carbocycles. The summed E-state index contributed by atoms with van der Waals surface area (Å²) in [5.74, 6) is 0.865. The Hall–Kier alpha value is -3.44. The van der Waals surface area contributed by atoms with Crippen LogP contribution in [0.2, 0.25) is 0 Å². The maximum Gasteiger partial charge on any atom is 0.164 e. The van der Waals surface area contributed by atoms with E-state index in [0.29, 0.717) is 5.92 Å². The fourth-order valence-corrected chi connectivity index (χ4v) is 7.36. The largest absolute Gasteiger partial charge is 0.512 e. The van der Waals surface area contributed by atoms with E-state index < -0.39 is 0 Å². The number of carbonyl (C=O) groups excluding carboxylic acids is 1. The van der Waals surface area contributed by atoms with E-state index in [4.69, 9.17) is 4.98 Å². The predicted octanol–water partition coefficient (Wildman–Crippen LogP) is 12.5. The van der Waals surface area contributed by atoms with Gasteiger partial charge in [-0.2, -0.15) is 0 Å². The first-order chi connectivity index (χ1) is 23.0. The minimum Gasteiger partial charge on any atom is -0.512 e. The van der Waals surface area contributed by atoms with Crippen LogP contribution in [-0.2, 0) is 31.3 Å². The Morgan fingerprint density at radius 3 is 2.14 bits per heavy atom. The number of hydrogen-bond acceptors (Lipinski definition) is 5. The molecule has 1 N–H and O–H groups in total. The summed E-state index contributed by atoms with van der Waals surface area (Å²) in [6, 6.07) is 27.5. The number of ketones is 1. The van der Waals surface area contributed by atoms with Crippen LogP contribution in [-0.4, -0.2) is 20.9 Å². The fraction of sp³-hybridized carbons (Fsp3) is 0.372. The van der Waals surface area contributed by atoms with Crippen molar-refractivity contribution in [3.8, 4) is 11.3 Å². The summed E-state index contributed by atoms with van der Waals surface area (Å²) in [7, 11) is 0. The molecule has 6 aromatic rings. The molecule has 4 aromatic carbocycles. The molecule has 2 aromatic heterocycles. The second kappa shape index (κ2) is 16.1. The number of nitrogens with zero attached hydrogens (tertiary/aromatic N) is 2. The summed E-state index contributed by atoms with van der Waals surface area (Å²) in [6.07, 6.45) is 7.48. The Morgan fingerprint density at radius 2 is 1.49 bits per heavy atom. The summed E-state index contributed by atoms with van der Waals surface area (Å²) in [4.78, 5) is 22.6. The van der Waals surface area contributed by atoms with Crippen molar-refractivity contribution in [2.24, 2.45) is 16.7 Å². The summed E-state index contributed by atoms with van der Waals surface area (Å²) in [6.45, 7) is 16.6. The van der Waals surface area contributed by atoms with Crippen molar-refractivity contribution in [2.45, 2.75) is 87.5 Å². The standard InChI is InChI=1S/C28H21N2S.C15H28O2.Ir/c1-17(2)13-20-15-21(14-19-8-4-5-9-22(19)20)27-26-25-23-10-6-3-7-18(23)11-12-24(25)31-28(26)30-16-29-27;1-7-14(5,8-2)12(16)11-13(17)15(6,9-3)10-4;/h3-12,15-17H,13H2,1-2H3;11,16H,7-10H2,1-6H3;/q-1;;/b;12-11-;. The Labute approximate surface area is 309 Å². The van der Waals surface area contributed by atoms with Crippen LogP contribution >= 0.6 is 11.3 Å². The van der Waals surface area contributed by atoms with Gasteiger partial charge in [0, 0.05) is 58.2 Å². The van der Waals surface area contributed by atoms with Crippen molar-refractivity contribution in [3.05, 3.63) is 96.5 Å². The molecule has 4 nitrogen and oxygen atoms in total. The maximum absolute atomic E-state index is 12.2. The minimum atomic E-state index is -0.337. The maximum atomic E-state index is 12.2. The quantitative estimate of drug-likeness (QED) is 0.0847. The SMILES string of the molecule is CC(C)Cc1cc(-c2ncnc3sc4ccc5ccccc5c4c23)[c-]c2ccccc12.CCC(C)(CC)C(=O)/C=C(\O)C(C)(CC)CC.[Ir]. The molecule has 0 aliphatic rings. The van der Waals surface area contributed by atoms with Crippen LogP contribution in [0.15, 0.2) is 84.9 Å². The van der Waals surface area contributed by atoms with E-state index in [1.807, 2.05) is 41.5 Å². The number of fused-ring (bicyclic) bond motifs is 6. The van der Waals surface area contributed by atoms with E-state index in [0.717, 1.165) is 59.0 Å². The zero-order valence-electron chi connectivity index (χ0n) is 30.1. The monoisotopic (exact) mass is 850 g/mol. The Morgan fingerprint density at radius 1 is 0.857 bits per heavy atom. The number of benzene rings is 4. The first-order valence-corrected chi connectivity index (χ1v) is 18.2. The van der Waals surface area contributed by atoms with E-state index in [1.54, 1.807) is 17.7 Å². The van der Waals surface area contributed by atoms with Crippen molar-refractivity contribution in [1.29, 1.82) is 0 Å². The number of allylic oxidation sites excluding steroid dienone is 2. The normalized spacial score (nSPS) is 12.4. The third kappa shape index (κ3) is 7.83. The van der Waals surface area contributed by atoms with Gasteiger partial charge >= 0.3 is 0 Å². The van der Waals surface area contributed by atoms with Crippen LogP contribution in [0.25, 0.3) is 53.1 Å². The number of aromatic nitrogens is 2. The molecule has 259 valence electrons. The molecule has 0 bridgehead atoms. The van der Waals surface area contributed by atoms with Crippen molar-refractivity contribution in [1.82, 2.24) is 9.97 Å². The molecule has 0 amide bonds. The van der Waals surface area contributed by atoms with Gasteiger partial charge in [-0.05, 0) is 54.9 Å². The van der Waals surface area contributed by atoms with E-state index in [9.17, 15) is 9.90 Å². The smallest absolute Gasteiger partial charge is 0.164 e. The molecular weight excluding hydrogens is 801 g/mol. The van der Waals surface area contributed by atoms with E-state index in [1.165, 1.54) is 37.9 Å².